The summed E-state index contributed by atoms with van der Waals surface area (Å²) >= 11 is 0. The molecule has 2 N–H and O–H groups in total. The van der Waals surface area contributed by atoms with E-state index in [1.165, 1.54) is 5.56 Å². The van der Waals surface area contributed by atoms with E-state index in [1.54, 1.807) is 0 Å². The van der Waals surface area contributed by atoms with Crippen LogP contribution in [0.5, 0.6) is 0 Å². The molecule has 0 radical (unpaired) electrons. The molecule has 1 aromatic carbocycles. The van der Waals surface area contributed by atoms with Gasteiger partial charge in [-0.3, -0.25) is 9.69 Å². The van der Waals surface area contributed by atoms with Crippen LogP contribution in [0.3, 0.4) is 0 Å². The molecular weight excluding hydrogens is 298 g/mol. The highest BCUT2D eigenvalue weighted by Gasteiger charge is 2.38. The summed E-state index contributed by atoms with van der Waals surface area (Å²) in [7, 11) is 0. The van der Waals surface area contributed by atoms with Crippen LogP contribution >= 0.6 is 0 Å². The maximum atomic E-state index is 13.0. The third-order valence-electron chi connectivity index (χ3n) is 5.27. The van der Waals surface area contributed by atoms with Crippen molar-refractivity contribution in [3.8, 4) is 0 Å². The molecule has 0 bridgehead atoms. The van der Waals surface area contributed by atoms with Crippen LogP contribution in [0.1, 0.15) is 46.1 Å². The number of likely N-dealkylation sites (tertiary alicyclic amines) is 1. The predicted octanol–water partition coefficient (Wildman–Crippen LogP) is 2.69. The average Bonchev–Trinajstić information content (AvgIpc) is 2.98. The van der Waals surface area contributed by atoms with Crippen molar-refractivity contribution in [1.82, 2.24) is 9.80 Å². The van der Waals surface area contributed by atoms with E-state index in [0.717, 1.165) is 13.1 Å². The van der Waals surface area contributed by atoms with E-state index >= 15 is 0 Å². The molecule has 1 aromatic rings. The Morgan fingerprint density at radius 1 is 1.12 bits per heavy atom. The molecule has 1 fully saturated rings. The molecule has 24 heavy (non-hydrogen) atoms. The van der Waals surface area contributed by atoms with E-state index in [2.05, 4.69) is 56.9 Å². The molecule has 0 aliphatic carbocycles. The molecule has 134 valence electrons. The Labute approximate surface area is 147 Å². The molecule has 4 heteroatoms. The van der Waals surface area contributed by atoms with Crippen LogP contribution in [-0.2, 0) is 4.79 Å². The summed E-state index contributed by atoms with van der Waals surface area (Å²) in [6, 6.07) is 10.9. The van der Waals surface area contributed by atoms with Gasteiger partial charge in [0.2, 0.25) is 5.91 Å². The van der Waals surface area contributed by atoms with Gasteiger partial charge >= 0.3 is 0 Å². The van der Waals surface area contributed by atoms with Gasteiger partial charge in [0.25, 0.3) is 0 Å². The summed E-state index contributed by atoms with van der Waals surface area (Å²) < 4.78 is 0. The van der Waals surface area contributed by atoms with Gasteiger partial charge in [-0.05, 0) is 52.6 Å². The van der Waals surface area contributed by atoms with Gasteiger partial charge in [-0.25, -0.2) is 0 Å². The second-order valence-corrected chi connectivity index (χ2v) is 7.58. The maximum Gasteiger partial charge on any atom is 0.240 e. The normalized spacial score (nSPS) is 23.0. The molecule has 0 spiro atoms. The standard InChI is InChI=1S/C20H33N3O/c1-14(2)23(15(3)4)20(24)16(5)22-12-18(11-21)19(13-22)17-9-7-6-8-10-17/h6-10,14-16,18-19H,11-13,21H2,1-5H3/t16?,18-,19+/m1/s1. The summed E-state index contributed by atoms with van der Waals surface area (Å²) in [6.45, 7) is 12.9. The van der Waals surface area contributed by atoms with Crippen molar-refractivity contribution in [1.29, 1.82) is 0 Å². The van der Waals surface area contributed by atoms with Crippen molar-refractivity contribution in [2.45, 2.75) is 58.7 Å². The Kier molecular flexibility index (Phi) is 6.41. The van der Waals surface area contributed by atoms with Crippen LogP contribution in [0.4, 0.5) is 0 Å². The van der Waals surface area contributed by atoms with Crippen LogP contribution in [-0.4, -0.2) is 53.5 Å². The maximum absolute atomic E-state index is 13.0. The summed E-state index contributed by atoms with van der Waals surface area (Å²) in [4.78, 5) is 17.3. The van der Waals surface area contributed by atoms with Crippen molar-refractivity contribution in [3.63, 3.8) is 0 Å². The highest BCUT2D eigenvalue weighted by Crippen LogP contribution is 2.33. The van der Waals surface area contributed by atoms with Crippen LogP contribution in [0.15, 0.2) is 30.3 Å². The topological polar surface area (TPSA) is 49.6 Å². The smallest absolute Gasteiger partial charge is 0.240 e. The number of benzene rings is 1. The van der Waals surface area contributed by atoms with Crippen molar-refractivity contribution in [2.24, 2.45) is 11.7 Å². The van der Waals surface area contributed by atoms with Crippen molar-refractivity contribution in [3.05, 3.63) is 35.9 Å². The Bertz CT molecular complexity index is 521. The minimum absolute atomic E-state index is 0.0995. The molecule has 2 rings (SSSR count). The SMILES string of the molecule is CC(C(=O)N(C(C)C)C(C)C)N1C[C@@H](CN)[C@H](c2ccccc2)C1. The minimum Gasteiger partial charge on any atom is -0.336 e. The Hall–Kier alpha value is -1.39. The van der Waals surface area contributed by atoms with E-state index in [1.807, 2.05) is 17.9 Å². The van der Waals surface area contributed by atoms with E-state index in [-0.39, 0.29) is 24.0 Å². The molecule has 0 saturated carbocycles. The van der Waals surface area contributed by atoms with Gasteiger partial charge in [0.05, 0.1) is 6.04 Å². The highest BCUT2D eigenvalue weighted by atomic mass is 16.2. The quantitative estimate of drug-likeness (QED) is 0.872. The first-order chi connectivity index (χ1) is 11.4. The van der Waals surface area contributed by atoms with Gasteiger partial charge in [-0.2, -0.15) is 0 Å². The second kappa shape index (κ2) is 8.13. The number of rotatable bonds is 6. The third-order valence-corrected chi connectivity index (χ3v) is 5.27. The lowest BCUT2D eigenvalue weighted by atomic mass is 9.89. The summed E-state index contributed by atoms with van der Waals surface area (Å²) in [5, 5.41) is 0. The lowest BCUT2D eigenvalue weighted by molar-refractivity contribution is -0.139. The number of nitrogens with two attached hydrogens (primary N) is 1. The van der Waals surface area contributed by atoms with Crippen molar-refractivity contribution >= 4 is 5.91 Å². The fourth-order valence-corrected chi connectivity index (χ4v) is 4.01. The molecule has 1 heterocycles. The predicted molar refractivity (Wildman–Crippen MR) is 99.9 cm³/mol. The molecule has 4 nitrogen and oxygen atoms in total. The highest BCUT2D eigenvalue weighted by molar-refractivity contribution is 5.82. The lowest BCUT2D eigenvalue weighted by Gasteiger charge is -2.36. The largest absolute Gasteiger partial charge is 0.336 e. The first-order valence-corrected chi connectivity index (χ1v) is 9.18. The molecule has 1 unspecified atom stereocenters. The van der Waals surface area contributed by atoms with Crippen molar-refractivity contribution < 1.29 is 4.79 Å². The van der Waals surface area contributed by atoms with Crippen LogP contribution in [0, 0.1) is 5.92 Å². The van der Waals surface area contributed by atoms with Gasteiger partial charge < -0.3 is 10.6 Å². The number of carbonyl (C=O) groups is 1. The Morgan fingerprint density at radius 2 is 1.71 bits per heavy atom. The van der Waals surface area contributed by atoms with E-state index in [0.29, 0.717) is 18.4 Å². The van der Waals surface area contributed by atoms with E-state index in [9.17, 15) is 4.79 Å². The Balaban J connectivity index is 2.13. The molecule has 0 aromatic heterocycles. The van der Waals surface area contributed by atoms with Crippen molar-refractivity contribution in [2.75, 3.05) is 19.6 Å². The first kappa shape index (κ1) is 18.9. The zero-order valence-corrected chi connectivity index (χ0v) is 15.8. The van der Waals surface area contributed by atoms with Crippen LogP contribution < -0.4 is 5.73 Å². The number of carbonyl (C=O) groups excluding carboxylic acids is 1. The van der Waals surface area contributed by atoms with Gasteiger partial charge in [-0.1, -0.05) is 30.3 Å². The summed E-state index contributed by atoms with van der Waals surface area (Å²) in [5.74, 6) is 1.05. The van der Waals surface area contributed by atoms with E-state index in [4.69, 9.17) is 5.73 Å². The molecular formula is C20H33N3O. The molecule has 1 saturated heterocycles. The third kappa shape index (κ3) is 3.98. The number of hydrogen-bond acceptors (Lipinski definition) is 3. The van der Waals surface area contributed by atoms with Gasteiger partial charge in [-0.15, -0.1) is 0 Å². The monoisotopic (exact) mass is 331 g/mol. The average molecular weight is 332 g/mol. The zero-order chi connectivity index (χ0) is 17.9. The second-order valence-electron chi connectivity index (χ2n) is 7.58. The lowest BCUT2D eigenvalue weighted by Crippen LogP contribution is -2.51. The number of hydrogen-bond donors (Lipinski definition) is 1. The fraction of sp³-hybridized carbons (Fsp3) is 0.650. The zero-order valence-electron chi connectivity index (χ0n) is 15.8. The Morgan fingerprint density at radius 3 is 2.21 bits per heavy atom. The molecule has 1 amide bonds. The molecule has 1 aliphatic rings. The van der Waals surface area contributed by atoms with Gasteiger partial charge in [0, 0.05) is 31.1 Å². The summed E-state index contributed by atoms with van der Waals surface area (Å²) in [6.07, 6.45) is 0. The minimum atomic E-state index is -0.0995. The van der Waals surface area contributed by atoms with Gasteiger partial charge in [0.1, 0.15) is 0 Å². The fourth-order valence-electron chi connectivity index (χ4n) is 4.01. The molecule has 3 atom stereocenters. The van der Waals surface area contributed by atoms with E-state index < -0.39 is 0 Å². The molecule has 1 aliphatic heterocycles. The number of nitrogens with zero attached hydrogens (tertiary/aromatic N) is 2. The number of amides is 1. The van der Waals surface area contributed by atoms with Crippen LogP contribution in [0.2, 0.25) is 0 Å². The van der Waals surface area contributed by atoms with Gasteiger partial charge in [0.15, 0.2) is 0 Å². The van der Waals surface area contributed by atoms with Crippen LogP contribution in [0.25, 0.3) is 0 Å². The first-order valence-electron chi connectivity index (χ1n) is 9.18. The summed E-state index contributed by atoms with van der Waals surface area (Å²) in [5.41, 5.74) is 7.37.